The van der Waals surface area contributed by atoms with E-state index in [9.17, 15) is 0 Å². The summed E-state index contributed by atoms with van der Waals surface area (Å²) in [6, 6.07) is 11.3. The summed E-state index contributed by atoms with van der Waals surface area (Å²) in [6.07, 6.45) is 7.10. The van der Waals surface area contributed by atoms with Crippen LogP contribution in [0.1, 0.15) is 31.9 Å². The molecule has 2 aromatic rings. The number of piperazine rings is 1. The Hall–Kier alpha value is -1.65. The lowest BCUT2D eigenvalue weighted by atomic mass is 9.93. The van der Waals surface area contributed by atoms with E-state index in [-0.39, 0.29) is 24.0 Å². The zero-order chi connectivity index (χ0) is 22.2. The normalized spacial score (nSPS) is 22.7. The second-order valence-electron chi connectivity index (χ2n) is 9.13. The third kappa shape index (κ3) is 7.42. The van der Waals surface area contributed by atoms with Gasteiger partial charge in [0, 0.05) is 71.3 Å². The quantitative estimate of drug-likeness (QED) is 0.318. The molecule has 2 aliphatic heterocycles. The number of hydrogen-bond acceptors (Lipinski definition) is 4. The Morgan fingerprint density at radius 3 is 2.55 bits per heavy atom. The van der Waals surface area contributed by atoms with Gasteiger partial charge in [-0.2, -0.15) is 0 Å². The molecular weight excluding hydrogens is 525 g/mol. The number of piperidine rings is 1. The number of benzene rings is 1. The second-order valence-corrected chi connectivity index (χ2v) is 9.13. The van der Waals surface area contributed by atoms with E-state index >= 15 is 0 Å². The minimum Gasteiger partial charge on any atom is -0.357 e. The molecule has 0 saturated carbocycles. The smallest absolute Gasteiger partial charge is 0.194 e. The van der Waals surface area contributed by atoms with Crippen molar-refractivity contribution in [2.24, 2.45) is 10.9 Å². The first-order chi connectivity index (χ1) is 15.7. The number of likely N-dealkylation sites (tertiary alicyclic amines) is 1. The Bertz CT molecular complexity index is 819. The summed E-state index contributed by atoms with van der Waals surface area (Å²) in [5.41, 5.74) is 1.41. The lowest BCUT2D eigenvalue weighted by Crippen LogP contribution is -2.49. The van der Waals surface area contributed by atoms with Crippen LogP contribution in [0.4, 0.5) is 0 Å². The highest BCUT2D eigenvalue weighted by atomic mass is 127. The number of nitrogens with one attached hydrogen (secondary N) is 1. The van der Waals surface area contributed by atoms with E-state index in [1.54, 1.807) is 0 Å². The Morgan fingerprint density at radius 2 is 1.85 bits per heavy atom. The topological polar surface area (TPSA) is 51.9 Å². The van der Waals surface area contributed by atoms with E-state index in [4.69, 9.17) is 4.99 Å². The maximum absolute atomic E-state index is 5.01. The minimum atomic E-state index is 0. The van der Waals surface area contributed by atoms with Crippen molar-refractivity contribution in [3.63, 3.8) is 0 Å². The Labute approximate surface area is 216 Å². The molecule has 8 heteroatoms. The molecular formula is C25H40IN7. The summed E-state index contributed by atoms with van der Waals surface area (Å²) in [4.78, 5) is 16.8. The summed E-state index contributed by atoms with van der Waals surface area (Å²) in [6.45, 7) is 14.9. The summed E-state index contributed by atoms with van der Waals surface area (Å²) in [5, 5.41) is 3.53. The molecule has 1 aromatic carbocycles. The molecule has 2 atom stereocenters. The fourth-order valence-corrected chi connectivity index (χ4v) is 4.83. The average Bonchev–Trinajstić information content (AvgIpc) is 3.35. The first-order valence-corrected chi connectivity index (χ1v) is 12.2. The molecule has 0 spiro atoms. The van der Waals surface area contributed by atoms with Crippen molar-refractivity contribution in [1.82, 2.24) is 29.6 Å². The molecule has 1 aromatic heterocycles. The van der Waals surface area contributed by atoms with Gasteiger partial charge >= 0.3 is 0 Å². The molecule has 7 nitrogen and oxygen atoms in total. The monoisotopic (exact) mass is 565 g/mol. The van der Waals surface area contributed by atoms with Crippen LogP contribution in [-0.2, 0) is 6.54 Å². The third-order valence-electron chi connectivity index (χ3n) is 6.85. The van der Waals surface area contributed by atoms with E-state index in [0.717, 1.165) is 71.4 Å². The van der Waals surface area contributed by atoms with Crippen LogP contribution in [0.25, 0.3) is 0 Å². The fourth-order valence-electron chi connectivity index (χ4n) is 4.83. The van der Waals surface area contributed by atoms with Crippen LogP contribution in [-0.4, -0.2) is 89.1 Å². The van der Waals surface area contributed by atoms with E-state index in [1.807, 2.05) is 12.5 Å². The highest BCUT2D eigenvalue weighted by molar-refractivity contribution is 14.0. The number of nitrogens with zero attached hydrogens (tertiary/aromatic N) is 6. The van der Waals surface area contributed by atoms with E-state index in [0.29, 0.717) is 12.0 Å². The Balaban J connectivity index is 0.00000306. The maximum Gasteiger partial charge on any atom is 0.194 e. The fraction of sp³-hybridized carbons (Fsp3) is 0.600. The molecule has 2 saturated heterocycles. The van der Waals surface area contributed by atoms with Crippen molar-refractivity contribution < 1.29 is 0 Å². The van der Waals surface area contributed by atoms with Gasteiger partial charge in [0.2, 0.25) is 0 Å². The summed E-state index contributed by atoms with van der Waals surface area (Å²) < 4.78 is 2.26. The lowest BCUT2D eigenvalue weighted by Gasteiger charge is -2.39. The molecule has 182 valence electrons. The number of halogens is 1. The van der Waals surface area contributed by atoms with Gasteiger partial charge in [0.1, 0.15) is 0 Å². The van der Waals surface area contributed by atoms with Crippen molar-refractivity contribution in [3.05, 3.63) is 54.6 Å². The van der Waals surface area contributed by atoms with Gasteiger partial charge in [-0.05, 0) is 24.8 Å². The molecule has 0 radical (unpaired) electrons. The van der Waals surface area contributed by atoms with Crippen LogP contribution in [0.15, 0.2) is 54.0 Å². The minimum absolute atomic E-state index is 0. The van der Waals surface area contributed by atoms with Gasteiger partial charge in [0.05, 0.1) is 18.9 Å². The summed E-state index contributed by atoms with van der Waals surface area (Å²) in [7, 11) is 0. The van der Waals surface area contributed by atoms with Crippen molar-refractivity contribution in [2.45, 2.75) is 32.9 Å². The Kier molecular flexibility index (Phi) is 10.5. The first-order valence-electron chi connectivity index (χ1n) is 12.2. The van der Waals surface area contributed by atoms with Gasteiger partial charge < -0.3 is 14.8 Å². The maximum atomic E-state index is 5.01. The molecule has 1 N–H and O–H groups in total. The van der Waals surface area contributed by atoms with Gasteiger partial charge in [-0.1, -0.05) is 37.3 Å². The van der Waals surface area contributed by atoms with Gasteiger partial charge in [-0.25, -0.2) is 4.98 Å². The molecule has 0 bridgehead atoms. The van der Waals surface area contributed by atoms with Gasteiger partial charge in [0.15, 0.2) is 5.96 Å². The molecule has 2 unspecified atom stereocenters. The molecule has 33 heavy (non-hydrogen) atoms. The lowest BCUT2D eigenvalue weighted by molar-refractivity contribution is 0.129. The standard InChI is InChI=1S/C25H39N7.HI/c1-3-27-25(31-12-9-22(2)24(20-31)32-14-10-26-21-32)28-11-13-29-15-17-30(18-16-29)19-23-7-5-4-6-8-23;/h4-8,10,14,21-22,24H,3,9,11-13,15-20H2,1-2H3,(H,27,28);1H. The van der Waals surface area contributed by atoms with E-state index < -0.39 is 0 Å². The molecule has 3 heterocycles. The van der Waals surface area contributed by atoms with Crippen LogP contribution in [0, 0.1) is 5.92 Å². The first kappa shape index (κ1) is 26.0. The van der Waals surface area contributed by atoms with Crippen molar-refractivity contribution in [1.29, 1.82) is 0 Å². The van der Waals surface area contributed by atoms with Crippen LogP contribution >= 0.6 is 24.0 Å². The summed E-state index contributed by atoms with van der Waals surface area (Å²) >= 11 is 0. The van der Waals surface area contributed by atoms with Gasteiger partial charge in [-0.3, -0.25) is 14.8 Å². The van der Waals surface area contributed by atoms with Crippen molar-refractivity contribution in [3.8, 4) is 0 Å². The average molecular weight is 566 g/mol. The second kappa shape index (κ2) is 13.3. The number of imidazole rings is 1. The van der Waals surface area contributed by atoms with E-state index in [1.165, 1.54) is 12.0 Å². The number of rotatable bonds is 7. The van der Waals surface area contributed by atoms with Gasteiger partial charge in [-0.15, -0.1) is 24.0 Å². The van der Waals surface area contributed by atoms with Crippen LogP contribution in [0.2, 0.25) is 0 Å². The van der Waals surface area contributed by atoms with Crippen LogP contribution in [0.3, 0.4) is 0 Å². The number of aromatic nitrogens is 2. The number of aliphatic imine (C=N–C) groups is 1. The largest absolute Gasteiger partial charge is 0.357 e. The molecule has 4 rings (SSSR count). The molecule has 2 aliphatic rings. The summed E-state index contributed by atoms with van der Waals surface area (Å²) in [5.74, 6) is 1.71. The van der Waals surface area contributed by atoms with Crippen molar-refractivity contribution >= 4 is 29.9 Å². The SMILES string of the molecule is CCNC(=NCCN1CCN(Cc2ccccc2)CC1)N1CCC(C)C(n2ccnc2)C1.I. The highest BCUT2D eigenvalue weighted by Crippen LogP contribution is 2.27. The van der Waals surface area contributed by atoms with Crippen LogP contribution < -0.4 is 5.32 Å². The molecule has 0 aliphatic carbocycles. The number of hydrogen-bond donors (Lipinski definition) is 1. The predicted molar refractivity (Wildman–Crippen MR) is 146 cm³/mol. The third-order valence-corrected chi connectivity index (χ3v) is 6.85. The van der Waals surface area contributed by atoms with E-state index in [2.05, 4.69) is 79.9 Å². The molecule has 0 amide bonds. The number of guanidine groups is 1. The Morgan fingerprint density at radius 1 is 1.09 bits per heavy atom. The predicted octanol–water partition coefficient (Wildman–Crippen LogP) is 3.17. The highest BCUT2D eigenvalue weighted by Gasteiger charge is 2.29. The van der Waals surface area contributed by atoms with Gasteiger partial charge in [0.25, 0.3) is 0 Å². The van der Waals surface area contributed by atoms with Crippen molar-refractivity contribution in [2.75, 3.05) is 58.9 Å². The van der Waals surface area contributed by atoms with Crippen LogP contribution in [0.5, 0.6) is 0 Å². The molecule has 2 fully saturated rings. The zero-order valence-corrected chi connectivity index (χ0v) is 22.5. The zero-order valence-electron chi connectivity index (χ0n) is 20.1.